The number of halogens is 4. The average Bonchev–Trinajstić information content (AvgIpc) is 2.90. The minimum atomic E-state index is -4.72. The monoisotopic (exact) mass is 560 g/mol. The van der Waals surface area contributed by atoms with E-state index in [1.54, 1.807) is 9.80 Å². The van der Waals surface area contributed by atoms with E-state index in [2.05, 4.69) is 11.8 Å². The lowest BCUT2D eigenvalue weighted by molar-refractivity contribution is -0.143. The lowest BCUT2D eigenvalue weighted by atomic mass is 10.00. The van der Waals surface area contributed by atoms with Crippen LogP contribution in [0.3, 0.4) is 0 Å². The van der Waals surface area contributed by atoms with Crippen molar-refractivity contribution >= 4 is 29.3 Å². The second kappa shape index (κ2) is 12.3. The summed E-state index contributed by atoms with van der Waals surface area (Å²) in [5, 5.41) is -0.262. The fourth-order valence-corrected chi connectivity index (χ4v) is 5.61. The Balaban J connectivity index is 1.50. The first-order chi connectivity index (χ1) is 18.0. The lowest BCUT2D eigenvalue weighted by Crippen LogP contribution is -2.55. The van der Waals surface area contributed by atoms with Crippen molar-refractivity contribution in [1.82, 2.24) is 14.7 Å². The highest BCUT2D eigenvalue weighted by molar-refractivity contribution is 6.33. The number of carbonyl (C=O) groups is 2. The molecule has 3 fully saturated rings. The van der Waals surface area contributed by atoms with Gasteiger partial charge in [0.2, 0.25) is 0 Å². The van der Waals surface area contributed by atoms with Gasteiger partial charge in [-0.2, -0.15) is 13.2 Å². The van der Waals surface area contributed by atoms with Crippen molar-refractivity contribution in [3.8, 4) is 0 Å². The van der Waals surface area contributed by atoms with E-state index >= 15 is 0 Å². The van der Waals surface area contributed by atoms with Gasteiger partial charge < -0.3 is 25.0 Å². The molecule has 0 spiro atoms. The Labute approximate surface area is 226 Å². The van der Waals surface area contributed by atoms with E-state index in [9.17, 15) is 22.8 Å². The Morgan fingerprint density at radius 2 is 1.68 bits per heavy atom. The minimum Gasteiger partial charge on any atom is -0.436 e. The van der Waals surface area contributed by atoms with Gasteiger partial charge in [-0.25, -0.2) is 4.79 Å². The van der Waals surface area contributed by atoms with E-state index < -0.39 is 35.5 Å². The van der Waals surface area contributed by atoms with Crippen molar-refractivity contribution in [2.45, 2.75) is 57.3 Å². The van der Waals surface area contributed by atoms with E-state index in [0.717, 1.165) is 45.0 Å². The fourth-order valence-electron chi connectivity index (χ4n) is 5.37. The molecule has 0 aliphatic carbocycles. The van der Waals surface area contributed by atoms with E-state index in [0.29, 0.717) is 51.2 Å². The summed E-state index contributed by atoms with van der Waals surface area (Å²) < 4.78 is 51.8. The van der Waals surface area contributed by atoms with Crippen LogP contribution in [0.25, 0.3) is 0 Å². The molecule has 3 aliphatic rings. The number of amides is 2. The quantitative estimate of drug-likeness (QED) is 0.547. The summed E-state index contributed by atoms with van der Waals surface area (Å²) in [4.78, 5) is 32.1. The maximum absolute atomic E-state index is 13.6. The van der Waals surface area contributed by atoms with Crippen LogP contribution in [0, 0.1) is 5.92 Å². The lowest BCUT2D eigenvalue weighted by Gasteiger charge is -2.41. The average molecular weight is 561 g/mol. The van der Waals surface area contributed by atoms with Gasteiger partial charge in [-0.3, -0.25) is 9.69 Å². The number of hydrogen-bond donors (Lipinski definition) is 1. The molecule has 0 unspecified atom stereocenters. The molecule has 3 aliphatic heterocycles. The number of piperidine rings is 1. The van der Waals surface area contributed by atoms with E-state index in [4.69, 9.17) is 26.8 Å². The maximum atomic E-state index is 13.6. The first-order valence-electron chi connectivity index (χ1n) is 13.2. The Hall–Kier alpha value is -2.24. The zero-order valence-electron chi connectivity index (χ0n) is 21.6. The molecule has 1 aromatic rings. The van der Waals surface area contributed by atoms with E-state index in [1.165, 1.54) is 6.07 Å². The first-order valence-corrected chi connectivity index (χ1v) is 13.6. The molecule has 38 heavy (non-hydrogen) atoms. The number of nitrogens with zero attached hydrogens (tertiary/aromatic N) is 3. The van der Waals surface area contributed by atoms with Gasteiger partial charge in [0.1, 0.15) is 0 Å². The summed E-state index contributed by atoms with van der Waals surface area (Å²) in [5.74, 6) is 0.0677. The normalized spacial score (nSPS) is 21.4. The fraction of sp³-hybridized carbons (Fsp3) is 0.692. The number of alkyl halides is 3. The van der Waals surface area contributed by atoms with Crippen LogP contribution in [-0.4, -0.2) is 91.3 Å². The topological polar surface area (TPSA) is 88.3 Å². The van der Waals surface area contributed by atoms with Crippen LogP contribution >= 0.6 is 11.6 Å². The van der Waals surface area contributed by atoms with Crippen LogP contribution in [0.2, 0.25) is 5.02 Å². The third-order valence-electron chi connectivity index (χ3n) is 7.81. The smallest absolute Gasteiger partial charge is 0.418 e. The number of nitrogens with two attached hydrogens (primary N) is 1. The van der Waals surface area contributed by atoms with Crippen molar-refractivity contribution in [2.75, 3.05) is 58.2 Å². The number of anilines is 1. The van der Waals surface area contributed by atoms with Crippen LogP contribution in [0.15, 0.2) is 12.1 Å². The number of likely N-dealkylation sites (tertiary alicyclic amines) is 1. The Bertz CT molecular complexity index is 989. The molecule has 4 rings (SSSR count). The number of rotatable bonds is 5. The standard InChI is InChI=1S/C26H36ClF3N4O4/c1-17-2-6-34(7-3-17)25(36)38-22(16-18-14-20(26(28,29)30)23(31)21(27)15-18)24(35)33-10-8-32(9-11-33)19-4-12-37-13-5-19/h14-15,17,19,22H,2-13,16,31H2,1H3/t22-/m1/s1. The second-order valence-electron chi connectivity index (χ2n) is 10.5. The van der Waals surface area contributed by atoms with Gasteiger partial charge in [-0.05, 0) is 49.3 Å². The summed E-state index contributed by atoms with van der Waals surface area (Å²) in [5.41, 5.74) is 4.05. The molecule has 212 valence electrons. The summed E-state index contributed by atoms with van der Waals surface area (Å²) >= 11 is 6.02. The zero-order chi connectivity index (χ0) is 27.4. The van der Waals surface area contributed by atoms with Crippen LogP contribution < -0.4 is 5.73 Å². The molecule has 3 heterocycles. The highest BCUT2D eigenvalue weighted by Gasteiger charge is 2.37. The predicted octanol–water partition coefficient (Wildman–Crippen LogP) is 4.04. The van der Waals surface area contributed by atoms with Crippen LogP contribution in [0.5, 0.6) is 0 Å². The summed E-state index contributed by atoms with van der Waals surface area (Å²) in [6, 6.07) is 2.58. The predicted molar refractivity (Wildman–Crippen MR) is 137 cm³/mol. The summed E-state index contributed by atoms with van der Waals surface area (Å²) in [6.07, 6.45) is -3.33. The van der Waals surface area contributed by atoms with Crippen molar-refractivity contribution < 1.29 is 32.2 Å². The van der Waals surface area contributed by atoms with E-state index in [1.807, 2.05) is 0 Å². The Morgan fingerprint density at radius 3 is 2.29 bits per heavy atom. The van der Waals surface area contributed by atoms with Crippen molar-refractivity contribution in [1.29, 1.82) is 0 Å². The molecule has 0 radical (unpaired) electrons. The van der Waals surface area contributed by atoms with Gasteiger partial charge in [0.05, 0.1) is 16.3 Å². The molecule has 3 saturated heterocycles. The van der Waals surface area contributed by atoms with Gasteiger partial charge in [0.15, 0.2) is 6.10 Å². The zero-order valence-corrected chi connectivity index (χ0v) is 22.4. The van der Waals surface area contributed by atoms with E-state index in [-0.39, 0.29) is 17.0 Å². The molecule has 12 heteroatoms. The third-order valence-corrected chi connectivity index (χ3v) is 8.12. The van der Waals surface area contributed by atoms with Gasteiger partial charge in [-0.1, -0.05) is 18.5 Å². The van der Waals surface area contributed by atoms with Crippen molar-refractivity contribution in [2.24, 2.45) is 5.92 Å². The third kappa shape index (κ3) is 7.04. The highest BCUT2D eigenvalue weighted by atomic mass is 35.5. The van der Waals surface area contributed by atoms with Crippen molar-refractivity contribution in [3.63, 3.8) is 0 Å². The van der Waals surface area contributed by atoms with Crippen LogP contribution in [0.1, 0.15) is 43.7 Å². The molecule has 0 bridgehead atoms. The largest absolute Gasteiger partial charge is 0.436 e. The van der Waals surface area contributed by atoms with Gasteiger partial charge in [0.25, 0.3) is 5.91 Å². The minimum absolute atomic E-state index is 0.121. The molecule has 0 saturated carbocycles. The number of piperazine rings is 1. The number of nitrogen functional groups attached to an aromatic ring is 1. The SMILES string of the molecule is CC1CCN(C(=O)O[C@H](Cc2cc(Cl)c(N)c(C(F)(F)F)c2)C(=O)N2CCN(C3CCOCC3)CC2)CC1. The number of ether oxygens (including phenoxy) is 2. The molecular formula is C26H36ClF3N4O4. The Morgan fingerprint density at radius 1 is 1.05 bits per heavy atom. The number of carbonyl (C=O) groups excluding carboxylic acids is 2. The van der Waals surface area contributed by atoms with Crippen molar-refractivity contribution in [3.05, 3.63) is 28.3 Å². The van der Waals surface area contributed by atoms with Gasteiger partial charge in [0, 0.05) is 64.9 Å². The molecule has 8 nitrogen and oxygen atoms in total. The molecule has 1 atom stereocenters. The maximum Gasteiger partial charge on any atom is 0.418 e. The summed E-state index contributed by atoms with van der Waals surface area (Å²) in [6.45, 7) is 6.82. The number of benzene rings is 1. The molecule has 1 aromatic carbocycles. The molecular weight excluding hydrogens is 525 g/mol. The Kier molecular flexibility index (Phi) is 9.31. The van der Waals surface area contributed by atoms with Gasteiger partial charge >= 0.3 is 12.3 Å². The highest BCUT2D eigenvalue weighted by Crippen LogP contribution is 2.38. The van der Waals surface area contributed by atoms with Crippen LogP contribution in [-0.2, 0) is 26.9 Å². The summed E-state index contributed by atoms with van der Waals surface area (Å²) in [7, 11) is 0. The molecule has 2 N–H and O–H groups in total. The first kappa shape index (κ1) is 28.8. The van der Waals surface area contributed by atoms with Gasteiger partial charge in [-0.15, -0.1) is 0 Å². The van der Waals surface area contributed by atoms with Crippen LogP contribution in [0.4, 0.5) is 23.7 Å². The second-order valence-corrected chi connectivity index (χ2v) is 10.9. The molecule has 0 aromatic heterocycles. The molecule has 2 amide bonds. The number of hydrogen-bond acceptors (Lipinski definition) is 6.